The molecule has 0 spiro atoms. The molecule has 4 unspecified atom stereocenters. The molecule has 2 nitrogen and oxygen atoms in total. The van der Waals surface area contributed by atoms with Crippen LogP contribution in [0.15, 0.2) is 0 Å². The monoisotopic (exact) mass is 312 g/mol. The predicted octanol–water partition coefficient (Wildman–Crippen LogP) is 5.84. The summed E-state index contributed by atoms with van der Waals surface area (Å²) in [4.78, 5) is 0. The molecule has 2 heteroatoms. The lowest BCUT2D eigenvalue weighted by atomic mass is 9.75. The van der Waals surface area contributed by atoms with Crippen LogP contribution >= 0.6 is 0 Å². The summed E-state index contributed by atoms with van der Waals surface area (Å²) in [6.45, 7) is 18.6. The van der Waals surface area contributed by atoms with Gasteiger partial charge in [0.25, 0.3) is 0 Å². The van der Waals surface area contributed by atoms with E-state index in [0.717, 1.165) is 25.4 Å². The molecule has 0 aromatic rings. The summed E-state index contributed by atoms with van der Waals surface area (Å²) < 4.78 is 12.8. The van der Waals surface area contributed by atoms with Gasteiger partial charge in [0.1, 0.15) is 0 Å². The van der Waals surface area contributed by atoms with Gasteiger partial charge < -0.3 is 9.47 Å². The molecule has 1 saturated carbocycles. The second-order valence-electron chi connectivity index (χ2n) is 9.09. The summed E-state index contributed by atoms with van der Waals surface area (Å²) in [6.07, 6.45) is 6.47. The Morgan fingerprint density at radius 3 is 2.23 bits per heavy atom. The second-order valence-corrected chi connectivity index (χ2v) is 9.09. The zero-order valence-corrected chi connectivity index (χ0v) is 16.4. The Hall–Kier alpha value is -0.0800. The molecule has 1 aliphatic rings. The number of hydrogen-bond acceptors (Lipinski definition) is 2. The molecule has 1 aliphatic carbocycles. The Balaban J connectivity index is 2.68. The number of ether oxygens (including phenoxy) is 2. The molecule has 22 heavy (non-hydrogen) atoms. The van der Waals surface area contributed by atoms with Crippen LogP contribution in [-0.4, -0.2) is 23.9 Å². The van der Waals surface area contributed by atoms with Crippen LogP contribution in [0, 0.1) is 17.8 Å². The smallest absolute Gasteiger partial charge is 0.0894 e. The maximum atomic E-state index is 6.47. The minimum atomic E-state index is -0.171. The fourth-order valence-corrected chi connectivity index (χ4v) is 4.01. The van der Waals surface area contributed by atoms with E-state index in [0.29, 0.717) is 17.9 Å². The minimum absolute atomic E-state index is 0.120. The Morgan fingerprint density at radius 1 is 1.09 bits per heavy atom. The van der Waals surface area contributed by atoms with Crippen molar-refractivity contribution in [3.8, 4) is 0 Å². The number of rotatable bonds is 7. The fraction of sp³-hybridized carbons (Fsp3) is 1.00. The summed E-state index contributed by atoms with van der Waals surface area (Å²) >= 11 is 0. The van der Waals surface area contributed by atoms with Crippen LogP contribution in [0.2, 0.25) is 0 Å². The van der Waals surface area contributed by atoms with E-state index < -0.39 is 0 Å². The van der Waals surface area contributed by atoms with E-state index in [2.05, 4.69) is 55.4 Å². The standard InChI is InChI=1S/C20H40O2/c1-9-12-20(8,22-19(5,6)7)14-21-18-13-16(4)10-11-17(18)15(2)3/h15-18H,9-14H2,1-8H3. The van der Waals surface area contributed by atoms with Gasteiger partial charge in [-0.1, -0.05) is 40.5 Å². The van der Waals surface area contributed by atoms with Crippen molar-refractivity contribution in [1.29, 1.82) is 0 Å². The van der Waals surface area contributed by atoms with Crippen LogP contribution in [0.5, 0.6) is 0 Å². The molecule has 0 aliphatic heterocycles. The van der Waals surface area contributed by atoms with Gasteiger partial charge in [-0.3, -0.25) is 0 Å². The summed E-state index contributed by atoms with van der Waals surface area (Å²) in [6, 6.07) is 0. The Labute approximate surface area is 139 Å². The molecule has 0 saturated heterocycles. The Kier molecular flexibility index (Phi) is 7.39. The van der Waals surface area contributed by atoms with E-state index in [1.165, 1.54) is 19.3 Å². The third kappa shape index (κ3) is 6.58. The average Bonchev–Trinajstić information content (AvgIpc) is 2.34. The molecular formula is C20H40O2. The molecule has 0 heterocycles. The average molecular weight is 313 g/mol. The maximum Gasteiger partial charge on any atom is 0.0894 e. The first-order valence-corrected chi connectivity index (χ1v) is 9.38. The van der Waals surface area contributed by atoms with E-state index in [1.54, 1.807) is 0 Å². The van der Waals surface area contributed by atoms with Crippen molar-refractivity contribution in [2.75, 3.05) is 6.61 Å². The summed E-state index contributed by atoms with van der Waals surface area (Å²) in [7, 11) is 0. The van der Waals surface area contributed by atoms with E-state index in [1.807, 2.05) is 0 Å². The van der Waals surface area contributed by atoms with E-state index >= 15 is 0 Å². The molecule has 0 amide bonds. The molecule has 0 radical (unpaired) electrons. The molecule has 0 bridgehead atoms. The van der Waals surface area contributed by atoms with Gasteiger partial charge in [-0.2, -0.15) is 0 Å². The van der Waals surface area contributed by atoms with Gasteiger partial charge in [-0.15, -0.1) is 0 Å². The van der Waals surface area contributed by atoms with Crippen molar-refractivity contribution >= 4 is 0 Å². The predicted molar refractivity (Wildman–Crippen MR) is 95.2 cm³/mol. The van der Waals surface area contributed by atoms with Crippen LogP contribution in [-0.2, 0) is 9.47 Å². The first-order valence-electron chi connectivity index (χ1n) is 9.38. The zero-order valence-electron chi connectivity index (χ0n) is 16.4. The quantitative estimate of drug-likeness (QED) is 0.588. The molecular weight excluding hydrogens is 272 g/mol. The van der Waals surface area contributed by atoms with Gasteiger partial charge in [-0.25, -0.2) is 0 Å². The summed E-state index contributed by atoms with van der Waals surface area (Å²) in [5.41, 5.74) is -0.292. The summed E-state index contributed by atoms with van der Waals surface area (Å²) in [5.74, 6) is 2.20. The van der Waals surface area contributed by atoms with Crippen molar-refractivity contribution in [2.24, 2.45) is 17.8 Å². The lowest BCUT2D eigenvalue weighted by Crippen LogP contribution is -2.44. The van der Waals surface area contributed by atoms with Crippen molar-refractivity contribution in [3.63, 3.8) is 0 Å². The molecule has 1 fully saturated rings. The van der Waals surface area contributed by atoms with E-state index in [9.17, 15) is 0 Å². The largest absolute Gasteiger partial charge is 0.375 e. The van der Waals surface area contributed by atoms with Crippen molar-refractivity contribution < 1.29 is 9.47 Å². The van der Waals surface area contributed by atoms with Crippen LogP contribution in [0.25, 0.3) is 0 Å². The highest BCUT2D eigenvalue weighted by molar-refractivity contribution is 4.84. The highest BCUT2D eigenvalue weighted by Crippen LogP contribution is 2.36. The Bertz CT molecular complexity index is 318. The van der Waals surface area contributed by atoms with Crippen molar-refractivity contribution in [2.45, 2.75) is 105 Å². The highest BCUT2D eigenvalue weighted by atomic mass is 16.6. The normalized spacial score (nSPS) is 29.6. The first-order chi connectivity index (χ1) is 10.1. The van der Waals surface area contributed by atoms with Crippen LogP contribution < -0.4 is 0 Å². The van der Waals surface area contributed by atoms with Gasteiger partial charge in [0.2, 0.25) is 0 Å². The summed E-state index contributed by atoms with van der Waals surface area (Å²) in [5, 5.41) is 0. The lowest BCUT2D eigenvalue weighted by molar-refractivity contribution is -0.176. The third-order valence-corrected chi connectivity index (χ3v) is 4.90. The minimum Gasteiger partial charge on any atom is -0.375 e. The van der Waals surface area contributed by atoms with Crippen molar-refractivity contribution in [1.82, 2.24) is 0 Å². The lowest BCUT2D eigenvalue weighted by Gasteiger charge is -2.41. The molecule has 0 aromatic carbocycles. The fourth-order valence-electron chi connectivity index (χ4n) is 4.01. The second kappa shape index (κ2) is 8.15. The van der Waals surface area contributed by atoms with Crippen molar-refractivity contribution in [3.05, 3.63) is 0 Å². The molecule has 4 atom stereocenters. The zero-order chi connectivity index (χ0) is 17.0. The van der Waals surface area contributed by atoms with E-state index in [4.69, 9.17) is 9.47 Å². The topological polar surface area (TPSA) is 18.5 Å². The van der Waals surface area contributed by atoms with Crippen LogP contribution in [0.4, 0.5) is 0 Å². The third-order valence-electron chi connectivity index (χ3n) is 4.90. The van der Waals surface area contributed by atoms with E-state index in [-0.39, 0.29) is 11.2 Å². The first kappa shape index (κ1) is 20.0. The SMILES string of the molecule is CCCC(C)(COC1CC(C)CCC1C(C)C)OC(C)(C)C. The van der Waals surface area contributed by atoms with Gasteiger partial charge in [0.05, 0.1) is 23.9 Å². The van der Waals surface area contributed by atoms with Gasteiger partial charge in [-0.05, 0) is 64.7 Å². The molecule has 1 rings (SSSR count). The van der Waals surface area contributed by atoms with Crippen LogP contribution in [0.3, 0.4) is 0 Å². The number of hydrogen-bond donors (Lipinski definition) is 0. The Morgan fingerprint density at radius 2 is 1.73 bits per heavy atom. The van der Waals surface area contributed by atoms with Gasteiger partial charge >= 0.3 is 0 Å². The maximum absolute atomic E-state index is 6.47. The van der Waals surface area contributed by atoms with Gasteiger partial charge in [0.15, 0.2) is 0 Å². The highest BCUT2D eigenvalue weighted by Gasteiger charge is 2.35. The van der Waals surface area contributed by atoms with Crippen LogP contribution in [0.1, 0.15) is 87.5 Å². The molecule has 0 aromatic heterocycles. The van der Waals surface area contributed by atoms with Gasteiger partial charge in [0, 0.05) is 0 Å². The molecule has 132 valence electrons. The molecule has 0 N–H and O–H groups in total.